The first kappa shape index (κ1) is 15.7. The Bertz CT molecular complexity index is 872. The van der Waals surface area contributed by atoms with Crippen LogP contribution < -0.4 is 0 Å². The third kappa shape index (κ3) is 3.60. The van der Waals surface area contributed by atoms with Gasteiger partial charge in [0.1, 0.15) is 0 Å². The monoisotopic (exact) mass is 316 g/mol. The van der Waals surface area contributed by atoms with E-state index >= 15 is 0 Å². The van der Waals surface area contributed by atoms with Crippen molar-refractivity contribution in [3.05, 3.63) is 83.7 Å². The number of Topliss-reactive ketones (excluding diaryl/α,β-unsaturated/α-hetero) is 2. The van der Waals surface area contributed by atoms with Gasteiger partial charge in [-0.05, 0) is 42.8 Å². The van der Waals surface area contributed by atoms with Gasteiger partial charge in [0.15, 0.2) is 11.6 Å². The Kier molecular flexibility index (Phi) is 4.57. The molecule has 0 radical (unpaired) electrons. The average molecular weight is 316 g/mol. The second-order valence-corrected chi connectivity index (χ2v) is 5.50. The van der Waals surface area contributed by atoms with Crippen molar-refractivity contribution < 1.29 is 9.59 Å². The van der Waals surface area contributed by atoms with Crippen molar-refractivity contribution in [1.29, 1.82) is 0 Å². The van der Waals surface area contributed by atoms with Crippen molar-refractivity contribution in [2.75, 3.05) is 0 Å². The van der Waals surface area contributed by atoms with E-state index in [4.69, 9.17) is 0 Å². The van der Waals surface area contributed by atoms with Crippen LogP contribution in [0.5, 0.6) is 0 Å². The van der Waals surface area contributed by atoms with Crippen molar-refractivity contribution in [2.45, 2.75) is 13.3 Å². The van der Waals surface area contributed by atoms with Gasteiger partial charge in [-0.25, -0.2) is 0 Å². The predicted molar refractivity (Wildman–Crippen MR) is 91.9 cm³/mol. The average Bonchev–Trinajstić information content (AvgIpc) is 2.63. The second kappa shape index (κ2) is 6.96. The molecule has 0 unspecified atom stereocenters. The van der Waals surface area contributed by atoms with Crippen LogP contribution in [0.15, 0.2) is 67.0 Å². The maximum Gasteiger partial charge on any atom is 0.168 e. The van der Waals surface area contributed by atoms with Gasteiger partial charge in [-0.3, -0.25) is 19.6 Å². The van der Waals surface area contributed by atoms with Crippen LogP contribution in [0.3, 0.4) is 0 Å². The number of aromatic nitrogens is 2. The number of hydrogen-bond acceptors (Lipinski definition) is 4. The van der Waals surface area contributed by atoms with E-state index < -0.39 is 0 Å². The van der Waals surface area contributed by atoms with Crippen LogP contribution in [-0.4, -0.2) is 21.5 Å². The van der Waals surface area contributed by atoms with E-state index in [-0.39, 0.29) is 18.0 Å². The molecule has 0 fully saturated rings. The summed E-state index contributed by atoms with van der Waals surface area (Å²) in [5, 5.41) is 0. The van der Waals surface area contributed by atoms with Gasteiger partial charge in [-0.15, -0.1) is 0 Å². The topological polar surface area (TPSA) is 59.9 Å². The Balaban J connectivity index is 1.76. The molecule has 0 aliphatic carbocycles. The standard InChI is InChI=1S/C20H16N2O2/c1-14(23)16-6-4-5-15(11-16)12-20(24)17-8-9-19(22-13-17)18-7-2-3-10-21-18/h2-11,13H,12H2,1H3. The quantitative estimate of drug-likeness (QED) is 0.672. The molecule has 4 nitrogen and oxygen atoms in total. The van der Waals surface area contributed by atoms with Gasteiger partial charge in [0.25, 0.3) is 0 Å². The molecule has 24 heavy (non-hydrogen) atoms. The Labute approximate surface area is 140 Å². The molecular formula is C20H16N2O2. The summed E-state index contributed by atoms with van der Waals surface area (Å²) in [5.41, 5.74) is 3.48. The van der Waals surface area contributed by atoms with E-state index in [1.54, 1.807) is 42.7 Å². The van der Waals surface area contributed by atoms with Gasteiger partial charge in [-0.2, -0.15) is 0 Å². The molecule has 0 amide bonds. The molecule has 1 aromatic carbocycles. The molecule has 0 spiro atoms. The largest absolute Gasteiger partial charge is 0.295 e. The lowest BCUT2D eigenvalue weighted by molar-refractivity contribution is 0.0987. The molecular weight excluding hydrogens is 300 g/mol. The van der Waals surface area contributed by atoms with E-state index in [9.17, 15) is 9.59 Å². The highest BCUT2D eigenvalue weighted by molar-refractivity contribution is 5.98. The number of carbonyl (C=O) groups is 2. The van der Waals surface area contributed by atoms with Crippen LogP contribution >= 0.6 is 0 Å². The lowest BCUT2D eigenvalue weighted by Gasteiger charge is -2.04. The fraction of sp³-hybridized carbons (Fsp3) is 0.100. The van der Waals surface area contributed by atoms with Gasteiger partial charge in [0.05, 0.1) is 11.4 Å². The smallest absolute Gasteiger partial charge is 0.168 e. The van der Waals surface area contributed by atoms with Crippen LogP contribution in [0.2, 0.25) is 0 Å². The second-order valence-electron chi connectivity index (χ2n) is 5.50. The van der Waals surface area contributed by atoms with Crippen LogP contribution in [0.25, 0.3) is 11.4 Å². The molecule has 3 aromatic rings. The van der Waals surface area contributed by atoms with Crippen LogP contribution in [-0.2, 0) is 6.42 Å². The molecule has 4 heteroatoms. The summed E-state index contributed by atoms with van der Waals surface area (Å²) in [4.78, 5) is 32.4. The first-order valence-electron chi connectivity index (χ1n) is 7.64. The zero-order valence-corrected chi connectivity index (χ0v) is 13.3. The molecule has 0 N–H and O–H groups in total. The Hall–Kier alpha value is -3.14. The van der Waals surface area contributed by atoms with Gasteiger partial charge in [0, 0.05) is 29.9 Å². The summed E-state index contributed by atoms with van der Waals surface area (Å²) in [6, 6.07) is 16.3. The number of pyridine rings is 2. The highest BCUT2D eigenvalue weighted by Crippen LogP contribution is 2.15. The molecule has 0 saturated carbocycles. The van der Waals surface area contributed by atoms with Gasteiger partial charge >= 0.3 is 0 Å². The molecule has 2 aromatic heterocycles. The highest BCUT2D eigenvalue weighted by Gasteiger charge is 2.10. The number of hydrogen-bond donors (Lipinski definition) is 0. The number of rotatable bonds is 5. The molecule has 2 heterocycles. The number of nitrogens with zero attached hydrogens (tertiary/aromatic N) is 2. The molecule has 3 rings (SSSR count). The number of carbonyl (C=O) groups excluding carboxylic acids is 2. The summed E-state index contributed by atoms with van der Waals surface area (Å²) in [5.74, 6) is -0.0403. The van der Waals surface area contributed by atoms with E-state index in [0.717, 1.165) is 17.0 Å². The van der Waals surface area contributed by atoms with Gasteiger partial charge in [-0.1, -0.05) is 24.3 Å². The normalized spacial score (nSPS) is 10.4. The van der Waals surface area contributed by atoms with Crippen molar-refractivity contribution in [3.63, 3.8) is 0 Å². The third-order valence-electron chi connectivity index (χ3n) is 3.71. The van der Waals surface area contributed by atoms with Crippen LogP contribution in [0, 0.1) is 0 Å². The van der Waals surface area contributed by atoms with E-state index in [0.29, 0.717) is 11.1 Å². The van der Waals surface area contributed by atoms with Crippen molar-refractivity contribution >= 4 is 11.6 Å². The lowest BCUT2D eigenvalue weighted by Crippen LogP contribution is -2.05. The fourth-order valence-electron chi connectivity index (χ4n) is 2.41. The minimum atomic E-state index is -0.0317. The molecule has 0 aliphatic heterocycles. The van der Waals surface area contributed by atoms with Crippen LogP contribution in [0.4, 0.5) is 0 Å². The number of ketones is 2. The Morgan fingerprint density at radius 2 is 1.71 bits per heavy atom. The third-order valence-corrected chi connectivity index (χ3v) is 3.71. The van der Waals surface area contributed by atoms with Crippen molar-refractivity contribution in [3.8, 4) is 11.4 Å². The first-order chi connectivity index (χ1) is 11.6. The van der Waals surface area contributed by atoms with Gasteiger partial charge < -0.3 is 0 Å². The summed E-state index contributed by atoms with van der Waals surface area (Å²) < 4.78 is 0. The van der Waals surface area contributed by atoms with Crippen LogP contribution in [0.1, 0.15) is 33.2 Å². The van der Waals surface area contributed by atoms with Crippen molar-refractivity contribution in [2.24, 2.45) is 0 Å². The van der Waals surface area contributed by atoms with E-state index in [1.165, 1.54) is 6.92 Å². The summed E-state index contributed by atoms with van der Waals surface area (Å²) in [6.45, 7) is 1.52. The molecule has 0 atom stereocenters. The van der Waals surface area contributed by atoms with E-state index in [1.807, 2.05) is 24.3 Å². The lowest BCUT2D eigenvalue weighted by atomic mass is 10.0. The minimum Gasteiger partial charge on any atom is -0.295 e. The summed E-state index contributed by atoms with van der Waals surface area (Å²) in [7, 11) is 0. The maximum atomic E-state index is 12.4. The predicted octanol–water partition coefficient (Wildman–Crippen LogP) is 3.77. The Morgan fingerprint density at radius 1 is 0.875 bits per heavy atom. The summed E-state index contributed by atoms with van der Waals surface area (Å²) in [6.07, 6.45) is 3.52. The minimum absolute atomic E-state index is 0.00863. The number of benzene rings is 1. The maximum absolute atomic E-state index is 12.4. The van der Waals surface area contributed by atoms with Gasteiger partial charge in [0.2, 0.25) is 0 Å². The zero-order chi connectivity index (χ0) is 16.9. The summed E-state index contributed by atoms with van der Waals surface area (Å²) >= 11 is 0. The SMILES string of the molecule is CC(=O)c1cccc(CC(=O)c2ccc(-c3ccccn3)nc2)c1. The molecule has 0 aliphatic rings. The molecule has 0 saturated heterocycles. The highest BCUT2D eigenvalue weighted by atomic mass is 16.1. The van der Waals surface area contributed by atoms with E-state index in [2.05, 4.69) is 9.97 Å². The first-order valence-corrected chi connectivity index (χ1v) is 7.64. The fourth-order valence-corrected chi connectivity index (χ4v) is 2.41. The Morgan fingerprint density at radius 3 is 2.38 bits per heavy atom. The van der Waals surface area contributed by atoms with Crippen molar-refractivity contribution in [1.82, 2.24) is 9.97 Å². The molecule has 118 valence electrons. The molecule has 0 bridgehead atoms. The zero-order valence-electron chi connectivity index (χ0n) is 13.3.